The van der Waals surface area contributed by atoms with E-state index in [2.05, 4.69) is 10.3 Å². The molecule has 27 heavy (non-hydrogen) atoms. The highest BCUT2D eigenvalue weighted by Gasteiger charge is 2.16. The van der Waals surface area contributed by atoms with Gasteiger partial charge in [0.1, 0.15) is 5.75 Å². The van der Waals surface area contributed by atoms with Crippen molar-refractivity contribution in [3.05, 3.63) is 81.8 Å². The maximum atomic E-state index is 14.8. The van der Waals surface area contributed by atoms with Crippen molar-refractivity contribution < 1.29 is 13.9 Å². The van der Waals surface area contributed by atoms with E-state index >= 15 is 0 Å². The van der Waals surface area contributed by atoms with Crippen LogP contribution in [0, 0.1) is 5.82 Å². The minimum Gasteiger partial charge on any atom is -0.453 e. The number of benzene rings is 2. The molecule has 1 amide bonds. The Labute approximate surface area is 164 Å². The fraction of sp³-hybridized carbons (Fsp3) is 0.0526. The molecule has 0 spiro atoms. The lowest BCUT2D eigenvalue weighted by atomic mass is 10.2. The lowest BCUT2D eigenvalue weighted by Crippen LogP contribution is -2.23. The third kappa shape index (κ3) is 4.67. The fourth-order valence-electron chi connectivity index (χ4n) is 2.35. The average Bonchev–Trinajstić information content (AvgIpc) is 2.64. The highest BCUT2D eigenvalue weighted by Crippen LogP contribution is 2.35. The number of carbonyl (C=O) groups excluding carboxylic acids is 1. The molecule has 1 heterocycles. The number of nitrogen functional groups attached to an aromatic ring is 1. The van der Waals surface area contributed by atoms with Crippen LogP contribution in [0.5, 0.6) is 11.5 Å². The molecule has 0 atom stereocenters. The monoisotopic (exact) mass is 405 g/mol. The Bertz CT molecular complexity index is 964. The molecule has 0 saturated heterocycles. The molecule has 8 heteroatoms. The topological polar surface area (TPSA) is 77.2 Å². The largest absolute Gasteiger partial charge is 0.453 e. The van der Waals surface area contributed by atoms with Crippen molar-refractivity contribution in [3.8, 4) is 11.5 Å². The Morgan fingerprint density at radius 2 is 1.89 bits per heavy atom. The number of ether oxygens (including phenoxy) is 1. The fourth-order valence-corrected chi connectivity index (χ4v) is 2.76. The number of carbonyl (C=O) groups is 1. The van der Waals surface area contributed by atoms with Gasteiger partial charge in [-0.1, -0.05) is 29.3 Å². The standard InChI is InChI=1S/C19H14Cl2FN3O2/c20-13-7-14(23)9-15(8-13)27-18-16(21)2-1-12(17(18)22)10-25-19(26)11-3-5-24-6-4-11/h1-9H,10,23H2,(H,25,26). The predicted molar refractivity (Wildman–Crippen MR) is 103 cm³/mol. The third-order valence-electron chi connectivity index (χ3n) is 3.62. The molecular formula is C19H14Cl2FN3O2. The van der Waals surface area contributed by atoms with E-state index in [1.54, 1.807) is 12.1 Å². The summed E-state index contributed by atoms with van der Waals surface area (Å²) in [7, 11) is 0. The summed E-state index contributed by atoms with van der Waals surface area (Å²) >= 11 is 12.0. The summed E-state index contributed by atoms with van der Waals surface area (Å²) in [5, 5.41) is 3.07. The molecule has 5 nitrogen and oxygen atoms in total. The number of hydrogen-bond acceptors (Lipinski definition) is 4. The highest BCUT2D eigenvalue weighted by atomic mass is 35.5. The van der Waals surface area contributed by atoms with Crippen LogP contribution in [-0.2, 0) is 6.54 Å². The Morgan fingerprint density at radius 1 is 1.15 bits per heavy atom. The van der Waals surface area contributed by atoms with E-state index in [9.17, 15) is 9.18 Å². The van der Waals surface area contributed by atoms with E-state index in [1.165, 1.54) is 42.7 Å². The number of anilines is 1. The van der Waals surface area contributed by atoms with Gasteiger partial charge in [-0.25, -0.2) is 4.39 Å². The molecule has 0 saturated carbocycles. The molecular weight excluding hydrogens is 392 g/mol. The van der Waals surface area contributed by atoms with E-state index in [4.69, 9.17) is 33.7 Å². The van der Waals surface area contributed by atoms with Gasteiger partial charge in [-0.2, -0.15) is 0 Å². The molecule has 0 aliphatic rings. The molecule has 0 bridgehead atoms. The van der Waals surface area contributed by atoms with Gasteiger partial charge >= 0.3 is 0 Å². The first-order valence-corrected chi connectivity index (χ1v) is 8.58. The lowest BCUT2D eigenvalue weighted by Gasteiger charge is -2.13. The molecule has 0 unspecified atom stereocenters. The van der Waals surface area contributed by atoms with Gasteiger partial charge in [0.05, 0.1) is 5.02 Å². The molecule has 3 rings (SSSR count). The van der Waals surface area contributed by atoms with Crippen molar-refractivity contribution in [1.82, 2.24) is 10.3 Å². The molecule has 0 radical (unpaired) electrons. The second kappa shape index (κ2) is 8.24. The van der Waals surface area contributed by atoms with Crippen LogP contribution < -0.4 is 15.8 Å². The van der Waals surface area contributed by atoms with Gasteiger partial charge in [0.15, 0.2) is 11.6 Å². The van der Waals surface area contributed by atoms with E-state index in [-0.39, 0.29) is 34.5 Å². The van der Waals surface area contributed by atoms with Gasteiger partial charge < -0.3 is 15.8 Å². The number of nitrogens with one attached hydrogen (secondary N) is 1. The second-order valence-corrected chi connectivity index (χ2v) is 6.43. The molecule has 0 aliphatic carbocycles. The van der Waals surface area contributed by atoms with Crippen molar-refractivity contribution >= 4 is 34.8 Å². The smallest absolute Gasteiger partial charge is 0.251 e. The molecule has 0 fully saturated rings. The lowest BCUT2D eigenvalue weighted by molar-refractivity contribution is 0.0950. The number of pyridine rings is 1. The highest BCUT2D eigenvalue weighted by molar-refractivity contribution is 6.32. The number of aromatic nitrogens is 1. The van der Waals surface area contributed by atoms with Gasteiger partial charge in [0, 0.05) is 46.8 Å². The normalized spacial score (nSPS) is 10.5. The zero-order valence-corrected chi connectivity index (χ0v) is 15.4. The zero-order chi connectivity index (χ0) is 19.4. The van der Waals surface area contributed by atoms with Crippen LogP contribution in [0.15, 0.2) is 54.9 Å². The summed E-state index contributed by atoms with van der Waals surface area (Å²) in [6.45, 7) is -0.0434. The molecule has 0 aliphatic heterocycles. The van der Waals surface area contributed by atoms with Crippen molar-refractivity contribution in [2.75, 3.05) is 5.73 Å². The number of hydrogen-bond donors (Lipinski definition) is 2. The molecule has 1 aromatic heterocycles. The maximum absolute atomic E-state index is 14.8. The Kier molecular flexibility index (Phi) is 5.78. The minimum absolute atomic E-state index is 0.0434. The van der Waals surface area contributed by atoms with Crippen molar-refractivity contribution in [3.63, 3.8) is 0 Å². The van der Waals surface area contributed by atoms with Crippen molar-refractivity contribution in [2.45, 2.75) is 6.54 Å². The summed E-state index contributed by atoms with van der Waals surface area (Å²) < 4.78 is 20.4. The molecule has 3 N–H and O–H groups in total. The predicted octanol–water partition coefficient (Wildman–Crippen LogP) is 4.83. The summed E-state index contributed by atoms with van der Waals surface area (Å²) in [6.07, 6.45) is 3.00. The number of halogens is 3. The van der Waals surface area contributed by atoms with Gasteiger partial charge in [-0.15, -0.1) is 0 Å². The van der Waals surface area contributed by atoms with Gasteiger partial charge in [-0.3, -0.25) is 9.78 Å². The van der Waals surface area contributed by atoms with E-state index in [1.807, 2.05) is 0 Å². The Hall–Kier alpha value is -2.83. The Balaban J connectivity index is 1.80. The van der Waals surface area contributed by atoms with Crippen molar-refractivity contribution in [2.24, 2.45) is 0 Å². The van der Waals surface area contributed by atoms with Crippen LogP contribution in [0.25, 0.3) is 0 Å². The van der Waals surface area contributed by atoms with Crippen LogP contribution >= 0.6 is 23.2 Å². The first-order valence-electron chi connectivity index (χ1n) is 7.83. The van der Waals surface area contributed by atoms with Crippen LogP contribution in [0.3, 0.4) is 0 Å². The number of nitrogens with two attached hydrogens (primary N) is 1. The summed E-state index contributed by atoms with van der Waals surface area (Å²) in [5.74, 6) is -0.958. The number of nitrogens with zero attached hydrogens (tertiary/aromatic N) is 1. The summed E-state index contributed by atoms with van der Waals surface area (Å²) in [6, 6.07) is 10.6. The summed E-state index contributed by atoms with van der Waals surface area (Å²) in [5.41, 5.74) is 6.72. The second-order valence-electron chi connectivity index (χ2n) is 5.59. The van der Waals surface area contributed by atoms with Gasteiger partial charge in [0.2, 0.25) is 0 Å². The van der Waals surface area contributed by atoms with E-state index in [0.29, 0.717) is 16.3 Å². The number of rotatable bonds is 5. The Morgan fingerprint density at radius 3 is 2.59 bits per heavy atom. The molecule has 2 aromatic carbocycles. The van der Waals surface area contributed by atoms with E-state index in [0.717, 1.165) is 0 Å². The van der Waals surface area contributed by atoms with Crippen LogP contribution in [-0.4, -0.2) is 10.9 Å². The minimum atomic E-state index is -0.684. The average molecular weight is 406 g/mol. The zero-order valence-electron chi connectivity index (χ0n) is 13.9. The van der Waals surface area contributed by atoms with Gasteiger partial charge in [0.25, 0.3) is 5.91 Å². The van der Waals surface area contributed by atoms with E-state index < -0.39 is 5.82 Å². The first-order chi connectivity index (χ1) is 12.9. The van der Waals surface area contributed by atoms with Crippen LogP contribution in [0.4, 0.5) is 10.1 Å². The van der Waals surface area contributed by atoms with Gasteiger partial charge in [-0.05, 0) is 30.3 Å². The first kappa shape index (κ1) is 18.9. The SMILES string of the molecule is Nc1cc(Cl)cc(Oc2c(Cl)ccc(CNC(=O)c3ccncc3)c2F)c1. The molecule has 138 valence electrons. The third-order valence-corrected chi connectivity index (χ3v) is 4.14. The van der Waals surface area contributed by atoms with Crippen molar-refractivity contribution in [1.29, 1.82) is 0 Å². The molecule has 3 aromatic rings. The maximum Gasteiger partial charge on any atom is 0.251 e. The quantitative estimate of drug-likeness (QED) is 0.595. The number of amides is 1. The summed E-state index contributed by atoms with van der Waals surface area (Å²) in [4.78, 5) is 15.9. The van der Waals surface area contributed by atoms with Crippen LogP contribution in [0.2, 0.25) is 10.0 Å². The van der Waals surface area contributed by atoms with Crippen LogP contribution in [0.1, 0.15) is 15.9 Å².